The lowest BCUT2D eigenvalue weighted by molar-refractivity contribution is -0.128. The predicted octanol–water partition coefficient (Wildman–Crippen LogP) is 7.01. The molecule has 1 heterocycles. The maximum absolute atomic E-state index is 12.4. The predicted molar refractivity (Wildman–Crippen MR) is 144 cm³/mol. The molecule has 3 aromatic rings. The molecule has 3 aromatic carbocycles. The van der Waals surface area contributed by atoms with Crippen LogP contribution in [0.1, 0.15) is 42.4 Å². The fourth-order valence-corrected chi connectivity index (χ4v) is 4.38. The van der Waals surface area contributed by atoms with Crippen LogP contribution in [0.25, 0.3) is 6.08 Å². The van der Waals surface area contributed by atoms with Gasteiger partial charge in [-0.1, -0.05) is 60.8 Å². The summed E-state index contributed by atoms with van der Waals surface area (Å²) in [5.74, 6) is 0.315. The largest absolute Gasteiger partial charge is 0.494 e. The van der Waals surface area contributed by atoms with E-state index in [0.717, 1.165) is 24.0 Å². The molecular weight excluding hydrogens is 511 g/mol. The van der Waals surface area contributed by atoms with Crippen LogP contribution in [0.3, 0.4) is 0 Å². The van der Waals surface area contributed by atoms with Crippen LogP contribution in [-0.4, -0.2) is 12.6 Å². The lowest BCUT2D eigenvalue weighted by Gasteiger charge is -2.27. The van der Waals surface area contributed by atoms with Crippen LogP contribution < -0.4 is 19.9 Å². The number of unbranched alkanes of at least 4 members (excludes halogenated alkanes) is 1. The van der Waals surface area contributed by atoms with Gasteiger partial charge in [0.1, 0.15) is 28.9 Å². The van der Waals surface area contributed by atoms with Crippen molar-refractivity contribution >= 4 is 35.2 Å². The molecule has 4 rings (SSSR count). The minimum Gasteiger partial charge on any atom is -0.494 e. The van der Waals surface area contributed by atoms with E-state index in [1.165, 1.54) is 6.08 Å². The van der Waals surface area contributed by atoms with Gasteiger partial charge in [0, 0.05) is 27.8 Å². The van der Waals surface area contributed by atoms with Gasteiger partial charge < -0.3 is 19.9 Å². The third-order valence-corrected chi connectivity index (χ3v) is 6.29. The van der Waals surface area contributed by atoms with Crippen LogP contribution in [0.4, 0.5) is 0 Å². The first-order valence-corrected chi connectivity index (χ1v) is 12.4. The maximum atomic E-state index is 12.4. The Morgan fingerprint density at radius 2 is 1.97 bits per heavy atom. The van der Waals surface area contributed by atoms with Crippen molar-refractivity contribution in [2.75, 3.05) is 6.61 Å². The molecule has 1 unspecified atom stereocenters. The Bertz CT molecular complexity index is 1430. The Kier molecular flexibility index (Phi) is 8.39. The minimum atomic E-state index is -0.600. The van der Waals surface area contributed by atoms with E-state index in [2.05, 4.69) is 13.0 Å². The Hall–Kier alpha value is -3.92. The van der Waals surface area contributed by atoms with Gasteiger partial charge in [0.15, 0.2) is 0 Å². The summed E-state index contributed by atoms with van der Waals surface area (Å²) in [6.45, 7) is 2.71. The number of fused-ring (bicyclic) bond motifs is 1. The lowest BCUT2D eigenvalue weighted by atomic mass is 9.83. The summed E-state index contributed by atoms with van der Waals surface area (Å²) >= 11 is 12.1. The molecule has 0 saturated heterocycles. The molecule has 0 bridgehead atoms. The molecule has 1 aliphatic heterocycles. The van der Waals surface area contributed by atoms with Crippen LogP contribution in [0.15, 0.2) is 78.2 Å². The van der Waals surface area contributed by atoms with Gasteiger partial charge in [-0.15, -0.1) is 0 Å². The van der Waals surface area contributed by atoms with Gasteiger partial charge in [-0.05, 0) is 54.0 Å². The molecule has 0 aromatic heterocycles. The molecular formula is C29H24Cl2N2O4. The van der Waals surface area contributed by atoms with Crippen LogP contribution in [0, 0.1) is 11.3 Å². The maximum Gasteiger partial charge on any atom is 0.336 e. The van der Waals surface area contributed by atoms with E-state index in [-0.39, 0.29) is 11.6 Å². The zero-order valence-corrected chi connectivity index (χ0v) is 21.6. The summed E-state index contributed by atoms with van der Waals surface area (Å²) in [6.07, 6.45) is 4.79. The first-order valence-electron chi connectivity index (χ1n) is 11.7. The number of ether oxygens (including phenoxy) is 3. The number of hydrogen-bond acceptors (Lipinski definition) is 6. The number of nitriles is 1. The first kappa shape index (κ1) is 26.2. The molecule has 8 heteroatoms. The van der Waals surface area contributed by atoms with E-state index in [9.17, 15) is 10.1 Å². The molecule has 0 fully saturated rings. The second-order valence-electron chi connectivity index (χ2n) is 8.32. The SMILES string of the molecule is CCCCOc1cccc(C2C(C#N)=C(N)Oc3cc(OC(=O)/C=C/c4ccc(Cl)cc4Cl)ccc32)c1. The highest BCUT2D eigenvalue weighted by molar-refractivity contribution is 6.35. The van der Waals surface area contributed by atoms with E-state index in [4.69, 9.17) is 43.1 Å². The fourth-order valence-electron chi connectivity index (χ4n) is 3.91. The average Bonchev–Trinajstić information content (AvgIpc) is 2.87. The average molecular weight is 535 g/mol. The molecule has 188 valence electrons. The van der Waals surface area contributed by atoms with Gasteiger partial charge in [-0.2, -0.15) is 5.26 Å². The van der Waals surface area contributed by atoms with Crippen molar-refractivity contribution in [3.8, 4) is 23.3 Å². The zero-order valence-electron chi connectivity index (χ0n) is 20.0. The Balaban J connectivity index is 1.57. The summed E-state index contributed by atoms with van der Waals surface area (Å²) in [5, 5.41) is 10.7. The number of allylic oxidation sites excluding steroid dienone is 1. The van der Waals surface area contributed by atoms with Crippen molar-refractivity contribution in [1.29, 1.82) is 5.26 Å². The van der Waals surface area contributed by atoms with Crippen molar-refractivity contribution in [2.24, 2.45) is 5.73 Å². The number of halogens is 2. The van der Waals surface area contributed by atoms with Crippen molar-refractivity contribution < 1.29 is 19.0 Å². The molecule has 0 aliphatic carbocycles. The quantitative estimate of drug-likeness (QED) is 0.144. The smallest absolute Gasteiger partial charge is 0.336 e. The van der Waals surface area contributed by atoms with Crippen molar-refractivity contribution in [3.63, 3.8) is 0 Å². The monoisotopic (exact) mass is 534 g/mol. The van der Waals surface area contributed by atoms with E-state index in [0.29, 0.717) is 39.3 Å². The number of carbonyl (C=O) groups is 1. The number of hydrogen-bond donors (Lipinski definition) is 1. The molecule has 0 saturated carbocycles. The van der Waals surface area contributed by atoms with Crippen LogP contribution in [-0.2, 0) is 4.79 Å². The van der Waals surface area contributed by atoms with Gasteiger partial charge >= 0.3 is 5.97 Å². The number of rotatable bonds is 8. The third kappa shape index (κ3) is 6.26. The van der Waals surface area contributed by atoms with Gasteiger partial charge in [0.2, 0.25) is 5.88 Å². The Labute approximate surface area is 225 Å². The summed E-state index contributed by atoms with van der Waals surface area (Å²) in [6, 6.07) is 19.7. The minimum absolute atomic E-state index is 0.00180. The Morgan fingerprint density at radius 1 is 1.14 bits per heavy atom. The van der Waals surface area contributed by atoms with Crippen LogP contribution in [0.2, 0.25) is 10.0 Å². The van der Waals surface area contributed by atoms with Crippen LogP contribution >= 0.6 is 23.2 Å². The van der Waals surface area contributed by atoms with E-state index >= 15 is 0 Å². The standard InChI is InChI=1S/C29H24Cl2N2O4/c1-2-3-13-35-21-6-4-5-19(14-21)28-23-11-10-22(16-26(23)37-29(33)24(28)17-32)36-27(34)12-8-18-7-9-20(30)15-25(18)31/h4-12,14-16,28H,2-3,13,33H2,1H3/b12-8+. The third-order valence-electron chi connectivity index (χ3n) is 5.73. The first-order chi connectivity index (χ1) is 17.9. The summed E-state index contributed by atoms with van der Waals surface area (Å²) in [7, 11) is 0. The molecule has 37 heavy (non-hydrogen) atoms. The molecule has 0 radical (unpaired) electrons. The molecule has 1 atom stereocenters. The number of nitrogens with zero attached hydrogens (tertiary/aromatic N) is 1. The van der Waals surface area contributed by atoms with E-state index in [1.54, 1.807) is 42.5 Å². The molecule has 0 spiro atoms. The fraction of sp³-hybridized carbons (Fsp3) is 0.172. The molecule has 6 nitrogen and oxygen atoms in total. The van der Waals surface area contributed by atoms with Gasteiger partial charge in [-0.25, -0.2) is 4.79 Å². The molecule has 2 N–H and O–H groups in total. The highest BCUT2D eigenvalue weighted by Gasteiger charge is 2.31. The Morgan fingerprint density at radius 3 is 2.73 bits per heavy atom. The van der Waals surface area contributed by atoms with Gasteiger partial charge in [0.05, 0.1) is 12.5 Å². The van der Waals surface area contributed by atoms with Gasteiger partial charge in [-0.3, -0.25) is 0 Å². The number of nitrogens with two attached hydrogens (primary N) is 1. The second kappa shape index (κ2) is 11.9. The topological polar surface area (TPSA) is 94.6 Å². The normalized spacial score (nSPS) is 14.6. The number of benzene rings is 3. The molecule has 1 aliphatic rings. The lowest BCUT2D eigenvalue weighted by Crippen LogP contribution is -2.21. The van der Waals surface area contributed by atoms with Crippen molar-refractivity contribution in [1.82, 2.24) is 0 Å². The summed E-state index contributed by atoms with van der Waals surface area (Å²) in [4.78, 5) is 12.4. The highest BCUT2D eigenvalue weighted by Crippen LogP contribution is 2.44. The van der Waals surface area contributed by atoms with Crippen molar-refractivity contribution in [2.45, 2.75) is 25.7 Å². The molecule has 0 amide bonds. The van der Waals surface area contributed by atoms with Crippen molar-refractivity contribution in [3.05, 3.63) is 105 Å². The summed E-state index contributed by atoms with van der Waals surface area (Å²) < 4.78 is 17.0. The zero-order chi connectivity index (χ0) is 26.4. The highest BCUT2D eigenvalue weighted by atomic mass is 35.5. The van der Waals surface area contributed by atoms with Gasteiger partial charge in [0.25, 0.3) is 0 Å². The van der Waals surface area contributed by atoms with E-state index < -0.39 is 11.9 Å². The van der Waals surface area contributed by atoms with E-state index in [1.807, 2.05) is 24.3 Å². The second-order valence-corrected chi connectivity index (χ2v) is 9.16. The van der Waals surface area contributed by atoms with Crippen LogP contribution in [0.5, 0.6) is 17.2 Å². The number of esters is 1. The summed E-state index contributed by atoms with van der Waals surface area (Å²) in [5.41, 5.74) is 8.60. The number of carbonyl (C=O) groups excluding carboxylic acids is 1.